The lowest BCUT2D eigenvalue weighted by molar-refractivity contribution is 0.0390. The predicted octanol–water partition coefficient (Wildman–Crippen LogP) is 2.19. The van der Waals surface area contributed by atoms with Gasteiger partial charge in [0.2, 0.25) is 0 Å². The van der Waals surface area contributed by atoms with Crippen LogP contribution in [0.1, 0.15) is 44.9 Å². The third-order valence-electron chi connectivity index (χ3n) is 5.39. The Kier molecular flexibility index (Phi) is 4.13. The average Bonchev–Trinajstić information content (AvgIpc) is 3.08. The fraction of sp³-hybridized carbons (Fsp3) is 0.812. The molecule has 1 aromatic rings. The summed E-state index contributed by atoms with van der Waals surface area (Å²) in [6.45, 7) is 9.03. The molecule has 0 aromatic carbocycles. The van der Waals surface area contributed by atoms with Crippen molar-refractivity contribution < 1.29 is 0 Å². The highest BCUT2D eigenvalue weighted by Crippen LogP contribution is 2.37. The van der Waals surface area contributed by atoms with Gasteiger partial charge in [0.1, 0.15) is 5.82 Å². The Balaban J connectivity index is 1.68. The van der Waals surface area contributed by atoms with Gasteiger partial charge in [0.05, 0.1) is 0 Å². The molecule has 1 atom stereocenters. The largest absolute Gasteiger partial charge is 0.334 e. The van der Waals surface area contributed by atoms with E-state index < -0.39 is 0 Å². The second-order valence-corrected chi connectivity index (χ2v) is 6.53. The van der Waals surface area contributed by atoms with Gasteiger partial charge in [-0.2, -0.15) is 0 Å². The summed E-state index contributed by atoms with van der Waals surface area (Å²) in [7, 11) is 0. The zero-order chi connectivity index (χ0) is 14.0. The Morgan fingerprint density at radius 2 is 2.15 bits per heavy atom. The monoisotopic (exact) mass is 276 g/mol. The zero-order valence-corrected chi connectivity index (χ0v) is 12.9. The summed E-state index contributed by atoms with van der Waals surface area (Å²) in [6.07, 6.45) is 10.8. The van der Waals surface area contributed by atoms with Gasteiger partial charge in [0.25, 0.3) is 0 Å². The SMILES string of the molecule is CCC1CN(CCn2ccnc2C)C2(CCCC2)CN1. The van der Waals surface area contributed by atoms with Gasteiger partial charge in [-0.3, -0.25) is 4.90 Å². The molecule has 3 rings (SSSR count). The average molecular weight is 276 g/mol. The van der Waals surface area contributed by atoms with E-state index in [1.54, 1.807) is 0 Å². The highest BCUT2D eigenvalue weighted by Gasteiger charge is 2.42. The molecule has 2 heterocycles. The molecule has 112 valence electrons. The molecular formula is C16H28N4. The summed E-state index contributed by atoms with van der Waals surface area (Å²) in [5.74, 6) is 1.13. The predicted molar refractivity (Wildman–Crippen MR) is 81.8 cm³/mol. The summed E-state index contributed by atoms with van der Waals surface area (Å²) in [5, 5.41) is 3.78. The van der Waals surface area contributed by atoms with Gasteiger partial charge in [-0.25, -0.2) is 4.98 Å². The molecule has 2 aliphatic rings. The first-order valence-electron chi connectivity index (χ1n) is 8.20. The van der Waals surface area contributed by atoms with Crippen molar-refractivity contribution in [2.45, 2.75) is 64.1 Å². The minimum Gasteiger partial charge on any atom is -0.334 e. The van der Waals surface area contributed by atoms with Crippen molar-refractivity contribution in [2.24, 2.45) is 0 Å². The number of hydrogen-bond acceptors (Lipinski definition) is 3. The minimum absolute atomic E-state index is 0.445. The van der Waals surface area contributed by atoms with E-state index in [9.17, 15) is 0 Å². The van der Waals surface area contributed by atoms with Gasteiger partial charge in [-0.15, -0.1) is 0 Å². The molecule has 0 amide bonds. The molecule has 1 aliphatic carbocycles. The third kappa shape index (κ3) is 2.63. The molecule has 2 fully saturated rings. The van der Waals surface area contributed by atoms with E-state index >= 15 is 0 Å². The quantitative estimate of drug-likeness (QED) is 0.915. The Morgan fingerprint density at radius 3 is 2.80 bits per heavy atom. The van der Waals surface area contributed by atoms with Crippen LogP contribution in [-0.4, -0.2) is 45.7 Å². The van der Waals surface area contributed by atoms with Gasteiger partial charge in [-0.1, -0.05) is 19.8 Å². The van der Waals surface area contributed by atoms with Crippen LogP contribution in [0, 0.1) is 6.92 Å². The normalized spacial score (nSPS) is 26.4. The van der Waals surface area contributed by atoms with Gasteiger partial charge < -0.3 is 9.88 Å². The van der Waals surface area contributed by atoms with E-state index in [4.69, 9.17) is 0 Å². The molecule has 1 saturated heterocycles. The molecule has 1 aromatic heterocycles. The first kappa shape index (κ1) is 14.1. The fourth-order valence-corrected chi connectivity index (χ4v) is 3.97. The molecule has 1 aliphatic heterocycles. The molecule has 4 heteroatoms. The number of aryl methyl sites for hydroxylation is 1. The van der Waals surface area contributed by atoms with Gasteiger partial charge in [0.15, 0.2) is 0 Å². The summed E-state index contributed by atoms with van der Waals surface area (Å²) < 4.78 is 2.28. The second-order valence-electron chi connectivity index (χ2n) is 6.53. The Bertz CT molecular complexity index is 433. The van der Waals surface area contributed by atoms with Gasteiger partial charge in [-0.05, 0) is 26.2 Å². The van der Waals surface area contributed by atoms with Crippen LogP contribution in [-0.2, 0) is 6.54 Å². The smallest absolute Gasteiger partial charge is 0.105 e. The van der Waals surface area contributed by atoms with Crippen LogP contribution in [0.3, 0.4) is 0 Å². The van der Waals surface area contributed by atoms with Crippen molar-refractivity contribution in [2.75, 3.05) is 19.6 Å². The van der Waals surface area contributed by atoms with E-state index in [0.717, 1.165) is 18.9 Å². The number of imidazole rings is 1. The number of hydrogen-bond donors (Lipinski definition) is 1. The van der Waals surface area contributed by atoms with Crippen molar-refractivity contribution in [1.29, 1.82) is 0 Å². The Hall–Kier alpha value is -0.870. The number of rotatable bonds is 4. The van der Waals surface area contributed by atoms with Crippen molar-refractivity contribution >= 4 is 0 Å². The van der Waals surface area contributed by atoms with E-state index in [0.29, 0.717) is 11.6 Å². The number of nitrogens with one attached hydrogen (secondary N) is 1. The second kappa shape index (κ2) is 5.86. The van der Waals surface area contributed by atoms with Crippen LogP contribution in [0.5, 0.6) is 0 Å². The minimum atomic E-state index is 0.445. The molecule has 0 bridgehead atoms. The maximum Gasteiger partial charge on any atom is 0.105 e. The number of nitrogens with zero attached hydrogens (tertiary/aromatic N) is 3. The standard InChI is InChI=1S/C16H28N4/c1-3-15-12-20(11-10-19-9-8-17-14(19)2)16(13-18-15)6-4-5-7-16/h8-9,15,18H,3-7,10-13H2,1-2H3. The van der Waals surface area contributed by atoms with Gasteiger partial charge >= 0.3 is 0 Å². The molecule has 0 radical (unpaired) electrons. The van der Waals surface area contributed by atoms with Gasteiger partial charge in [0, 0.05) is 50.2 Å². The molecule has 20 heavy (non-hydrogen) atoms. The Labute approximate surface area is 122 Å². The molecule has 1 saturated carbocycles. The zero-order valence-electron chi connectivity index (χ0n) is 12.9. The lowest BCUT2D eigenvalue weighted by Crippen LogP contribution is -2.63. The maximum absolute atomic E-state index is 4.33. The summed E-state index contributed by atoms with van der Waals surface area (Å²) in [4.78, 5) is 7.11. The van der Waals surface area contributed by atoms with Crippen LogP contribution in [0.15, 0.2) is 12.4 Å². The summed E-state index contributed by atoms with van der Waals surface area (Å²) in [6, 6.07) is 0.671. The third-order valence-corrected chi connectivity index (χ3v) is 5.39. The van der Waals surface area contributed by atoms with E-state index in [2.05, 4.69) is 39.8 Å². The highest BCUT2D eigenvalue weighted by atomic mass is 15.3. The summed E-state index contributed by atoms with van der Waals surface area (Å²) in [5.41, 5.74) is 0.445. The van der Waals surface area contributed by atoms with Crippen molar-refractivity contribution in [3.63, 3.8) is 0 Å². The van der Waals surface area contributed by atoms with E-state index in [-0.39, 0.29) is 0 Å². The molecule has 1 unspecified atom stereocenters. The van der Waals surface area contributed by atoms with Crippen molar-refractivity contribution in [3.8, 4) is 0 Å². The first-order valence-corrected chi connectivity index (χ1v) is 8.20. The van der Waals surface area contributed by atoms with Crippen LogP contribution in [0.2, 0.25) is 0 Å². The number of aromatic nitrogens is 2. The van der Waals surface area contributed by atoms with Crippen LogP contribution in [0.4, 0.5) is 0 Å². The van der Waals surface area contributed by atoms with Crippen LogP contribution in [0.25, 0.3) is 0 Å². The van der Waals surface area contributed by atoms with Crippen molar-refractivity contribution in [3.05, 3.63) is 18.2 Å². The molecule has 1 N–H and O–H groups in total. The van der Waals surface area contributed by atoms with E-state index in [1.165, 1.54) is 45.2 Å². The first-order chi connectivity index (χ1) is 9.73. The fourth-order valence-electron chi connectivity index (χ4n) is 3.97. The molecule has 1 spiro atoms. The lowest BCUT2D eigenvalue weighted by Gasteiger charge is -2.48. The van der Waals surface area contributed by atoms with Crippen molar-refractivity contribution in [1.82, 2.24) is 19.8 Å². The Morgan fingerprint density at radius 1 is 1.35 bits per heavy atom. The summed E-state index contributed by atoms with van der Waals surface area (Å²) >= 11 is 0. The molecular weight excluding hydrogens is 248 g/mol. The van der Waals surface area contributed by atoms with E-state index in [1.807, 2.05) is 6.20 Å². The lowest BCUT2D eigenvalue weighted by atomic mass is 9.90. The molecule has 4 nitrogen and oxygen atoms in total. The topological polar surface area (TPSA) is 33.1 Å². The maximum atomic E-state index is 4.33. The van der Waals surface area contributed by atoms with Crippen LogP contribution >= 0.6 is 0 Å². The number of piperazine rings is 1. The van der Waals surface area contributed by atoms with Crippen LogP contribution < -0.4 is 5.32 Å². The highest BCUT2D eigenvalue weighted by molar-refractivity contribution is 5.02.